The van der Waals surface area contributed by atoms with Gasteiger partial charge in [0.2, 0.25) is 0 Å². The van der Waals surface area contributed by atoms with Gasteiger partial charge in [0.05, 0.1) is 11.4 Å². The summed E-state index contributed by atoms with van der Waals surface area (Å²) < 4.78 is 0. The van der Waals surface area contributed by atoms with E-state index in [0.29, 0.717) is 6.54 Å². The molecule has 12 heavy (non-hydrogen) atoms. The highest BCUT2D eigenvalue weighted by Gasteiger charge is 1.92. The minimum Gasteiger partial charge on any atom is -0.397 e. The van der Waals surface area contributed by atoms with Crippen LogP contribution in [-0.2, 0) is 0 Å². The van der Waals surface area contributed by atoms with Crippen molar-refractivity contribution in [3.63, 3.8) is 0 Å². The Bertz CT molecular complexity index is 258. The molecule has 3 heteroatoms. The lowest BCUT2D eigenvalue weighted by atomic mass is 10.3. The van der Waals surface area contributed by atoms with E-state index >= 15 is 0 Å². The molecule has 1 rings (SSSR count). The van der Waals surface area contributed by atoms with Gasteiger partial charge in [-0.1, -0.05) is 18.2 Å². The molecule has 0 saturated carbocycles. The first-order valence-corrected chi connectivity index (χ1v) is 3.79. The zero-order valence-electron chi connectivity index (χ0n) is 6.88. The molecule has 0 atom stereocenters. The number of nitrogen functional groups attached to an aromatic ring is 1. The lowest BCUT2D eigenvalue weighted by Crippen LogP contribution is -2.21. The highest BCUT2D eigenvalue weighted by molar-refractivity contribution is 5.64. The van der Waals surface area contributed by atoms with E-state index in [1.54, 1.807) is 6.08 Å². The normalized spacial score (nSPS) is 9.33. The minimum atomic E-state index is 0.703. The lowest BCUT2D eigenvalue weighted by Gasteiger charge is -2.08. The van der Waals surface area contributed by atoms with E-state index in [1.165, 1.54) is 0 Å². The summed E-state index contributed by atoms with van der Waals surface area (Å²) in [4.78, 5) is 0. The minimum absolute atomic E-state index is 0.703. The first-order chi connectivity index (χ1) is 5.84. The summed E-state index contributed by atoms with van der Waals surface area (Å²) in [7, 11) is 0. The Morgan fingerprint density at radius 2 is 2.17 bits per heavy atom. The molecule has 0 aliphatic rings. The van der Waals surface area contributed by atoms with Gasteiger partial charge in [-0.3, -0.25) is 0 Å². The quantitative estimate of drug-likeness (QED) is 0.272. The lowest BCUT2D eigenvalue weighted by molar-refractivity contribution is 0.897. The molecule has 0 fully saturated rings. The van der Waals surface area contributed by atoms with Crippen LogP contribution in [0.5, 0.6) is 0 Å². The topological polar surface area (TPSA) is 50.1 Å². The van der Waals surface area contributed by atoms with Gasteiger partial charge in [0, 0.05) is 6.54 Å². The van der Waals surface area contributed by atoms with Crippen LogP contribution in [0.25, 0.3) is 0 Å². The number of para-hydroxylation sites is 2. The molecule has 64 valence electrons. The number of anilines is 2. The number of nitrogens with one attached hydrogen (secondary N) is 2. The Labute approximate surface area is 72.2 Å². The van der Waals surface area contributed by atoms with Crippen molar-refractivity contribution in [3.05, 3.63) is 36.9 Å². The summed E-state index contributed by atoms with van der Waals surface area (Å²) >= 11 is 0. The molecule has 0 bridgehead atoms. The molecule has 1 aromatic carbocycles. The number of benzene rings is 1. The Kier molecular flexibility index (Phi) is 3.17. The fourth-order valence-corrected chi connectivity index (χ4v) is 0.829. The largest absolute Gasteiger partial charge is 0.397 e. The molecule has 0 aliphatic carbocycles. The van der Waals surface area contributed by atoms with Gasteiger partial charge < -0.3 is 11.2 Å². The Morgan fingerprint density at radius 1 is 1.42 bits per heavy atom. The fourth-order valence-electron chi connectivity index (χ4n) is 0.829. The molecule has 1 aromatic rings. The third-order valence-electron chi connectivity index (χ3n) is 1.43. The van der Waals surface area contributed by atoms with Crippen molar-refractivity contribution in [2.24, 2.45) is 0 Å². The molecule has 0 aromatic heterocycles. The molecule has 0 radical (unpaired) electrons. The summed E-state index contributed by atoms with van der Waals surface area (Å²) in [5, 5.41) is 0. The monoisotopic (exact) mass is 163 g/mol. The SMILES string of the molecule is C=CCNNc1ccccc1N. The first-order valence-electron chi connectivity index (χ1n) is 3.79. The van der Waals surface area contributed by atoms with Crippen LogP contribution in [0.4, 0.5) is 11.4 Å². The molecule has 0 amide bonds. The standard InChI is InChI=1S/C9H13N3/c1-2-7-11-12-9-6-4-3-5-8(9)10/h2-6,11-12H,1,7,10H2. The van der Waals surface area contributed by atoms with E-state index in [2.05, 4.69) is 17.4 Å². The van der Waals surface area contributed by atoms with Gasteiger partial charge in [0.25, 0.3) is 0 Å². The van der Waals surface area contributed by atoms with Crippen LogP contribution < -0.4 is 16.6 Å². The first kappa shape index (κ1) is 8.62. The smallest absolute Gasteiger partial charge is 0.0718 e. The molecular formula is C9H13N3. The number of hydrazine groups is 1. The van der Waals surface area contributed by atoms with Gasteiger partial charge in [0.15, 0.2) is 0 Å². The molecule has 3 nitrogen and oxygen atoms in total. The van der Waals surface area contributed by atoms with Gasteiger partial charge in [0.1, 0.15) is 0 Å². The van der Waals surface area contributed by atoms with E-state index in [4.69, 9.17) is 5.73 Å². The summed E-state index contributed by atoms with van der Waals surface area (Å²) in [6.07, 6.45) is 1.77. The van der Waals surface area contributed by atoms with E-state index < -0.39 is 0 Å². The van der Waals surface area contributed by atoms with Crippen molar-refractivity contribution >= 4 is 11.4 Å². The summed E-state index contributed by atoms with van der Waals surface area (Å²) in [6.45, 7) is 4.28. The van der Waals surface area contributed by atoms with Crippen LogP contribution >= 0.6 is 0 Å². The second-order valence-corrected chi connectivity index (χ2v) is 2.38. The van der Waals surface area contributed by atoms with Crippen molar-refractivity contribution < 1.29 is 0 Å². The number of nitrogens with two attached hydrogens (primary N) is 1. The highest BCUT2D eigenvalue weighted by atomic mass is 15.4. The van der Waals surface area contributed by atoms with Gasteiger partial charge in [-0.25, -0.2) is 5.43 Å². The third-order valence-corrected chi connectivity index (χ3v) is 1.43. The highest BCUT2D eigenvalue weighted by Crippen LogP contribution is 2.14. The molecule has 0 aliphatic heterocycles. The summed E-state index contributed by atoms with van der Waals surface area (Å²) in [5.41, 5.74) is 13.2. The Balaban J connectivity index is 2.51. The summed E-state index contributed by atoms with van der Waals surface area (Å²) in [6, 6.07) is 7.58. The van der Waals surface area contributed by atoms with Gasteiger partial charge >= 0.3 is 0 Å². The maximum atomic E-state index is 5.67. The van der Waals surface area contributed by atoms with E-state index in [0.717, 1.165) is 11.4 Å². The van der Waals surface area contributed by atoms with Crippen molar-refractivity contribution in [3.8, 4) is 0 Å². The predicted octanol–water partition coefficient (Wildman–Crippen LogP) is 1.37. The number of hydrogen-bond donors (Lipinski definition) is 3. The van der Waals surface area contributed by atoms with Gasteiger partial charge in [-0.05, 0) is 12.1 Å². The number of hydrogen-bond acceptors (Lipinski definition) is 3. The Morgan fingerprint density at radius 3 is 2.83 bits per heavy atom. The van der Waals surface area contributed by atoms with Crippen molar-refractivity contribution in [2.45, 2.75) is 0 Å². The van der Waals surface area contributed by atoms with Crippen LogP contribution in [0.3, 0.4) is 0 Å². The maximum Gasteiger partial charge on any atom is 0.0718 e. The average Bonchev–Trinajstić information content (AvgIpc) is 2.09. The van der Waals surface area contributed by atoms with Crippen molar-refractivity contribution in [2.75, 3.05) is 17.7 Å². The van der Waals surface area contributed by atoms with Gasteiger partial charge in [-0.2, -0.15) is 0 Å². The zero-order valence-corrected chi connectivity index (χ0v) is 6.88. The fraction of sp³-hybridized carbons (Fsp3) is 0.111. The second-order valence-electron chi connectivity index (χ2n) is 2.38. The number of rotatable bonds is 4. The van der Waals surface area contributed by atoms with Crippen LogP contribution in [-0.4, -0.2) is 6.54 Å². The van der Waals surface area contributed by atoms with E-state index in [1.807, 2.05) is 24.3 Å². The van der Waals surface area contributed by atoms with Crippen molar-refractivity contribution in [1.29, 1.82) is 0 Å². The third kappa shape index (κ3) is 2.29. The summed E-state index contributed by atoms with van der Waals surface area (Å²) in [5.74, 6) is 0. The second kappa shape index (κ2) is 4.41. The van der Waals surface area contributed by atoms with Crippen LogP contribution in [0.15, 0.2) is 36.9 Å². The molecule has 0 saturated heterocycles. The van der Waals surface area contributed by atoms with E-state index in [9.17, 15) is 0 Å². The van der Waals surface area contributed by atoms with Gasteiger partial charge in [-0.15, -0.1) is 6.58 Å². The molecule has 0 unspecified atom stereocenters. The van der Waals surface area contributed by atoms with Crippen molar-refractivity contribution in [1.82, 2.24) is 5.43 Å². The average molecular weight is 163 g/mol. The molecule has 4 N–H and O–H groups in total. The molecule has 0 heterocycles. The van der Waals surface area contributed by atoms with Crippen LogP contribution in [0.1, 0.15) is 0 Å². The van der Waals surface area contributed by atoms with E-state index in [-0.39, 0.29) is 0 Å². The van der Waals surface area contributed by atoms with Crippen LogP contribution in [0.2, 0.25) is 0 Å². The molecular weight excluding hydrogens is 150 g/mol. The Hall–Kier alpha value is -1.48. The zero-order chi connectivity index (χ0) is 8.81. The maximum absolute atomic E-state index is 5.67. The molecule has 0 spiro atoms. The predicted molar refractivity (Wildman–Crippen MR) is 52.7 cm³/mol. The van der Waals surface area contributed by atoms with Crippen LogP contribution in [0, 0.1) is 0 Å².